The van der Waals surface area contributed by atoms with Crippen LogP contribution in [0.15, 0.2) is 18.3 Å². The van der Waals surface area contributed by atoms with Gasteiger partial charge in [0.1, 0.15) is 0 Å². The van der Waals surface area contributed by atoms with Crippen molar-refractivity contribution in [3.63, 3.8) is 0 Å². The third-order valence-corrected chi connectivity index (χ3v) is 6.95. The first-order chi connectivity index (χ1) is 12.0. The van der Waals surface area contributed by atoms with Crippen molar-refractivity contribution in [2.75, 3.05) is 20.1 Å². The van der Waals surface area contributed by atoms with Crippen molar-refractivity contribution in [3.8, 4) is 0 Å². The summed E-state index contributed by atoms with van der Waals surface area (Å²) in [5, 5.41) is 0.624. The van der Waals surface area contributed by atoms with Gasteiger partial charge in [0.15, 0.2) is 0 Å². The summed E-state index contributed by atoms with van der Waals surface area (Å²) in [5.74, 6) is 0.444. The summed E-state index contributed by atoms with van der Waals surface area (Å²) in [7, 11) is 1.88. The van der Waals surface area contributed by atoms with E-state index in [1.807, 2.05) is 22.9 Å². The van der Waals surface area contributed by atoms with Gasteiger partial charge in [-0.15, -0.1) is 11.3 Å². The Bertz CT molecular complexity index is 833. The number of pyridine rings is 1. The van der Waals surface area contributed by atoms with Gasteiger partial charge in [0.25, 0.3) is 5.91 Å². The number of nitrogens with zero attached hydrogens (tertiary/aromatic N) is 3. The Kier molecular flexibility index (Phi) is 4.41. The van der Waals surface area contributed by atoms with Crippen LogP contribution in [0, 0.1) is 5.92 Å². The SMILES string of the molecule is CN(C(=O)C1CCC1)C1CCN(C(=O)c2cc3nccc(Cl)c3s2)C1. The monoisotopic (exact) mass is 377 g/mol. The van der Waals surface area contributed by atoms with Gasteiger partial charge >= 0.3 is 0 Å². The number of hydrogen-bond acceptors (Lipinski definition) is 4. The molecule has 1 saturated heterocycles. The van der Waals surface area contributed by atoms with E-state index >= 15 is 0 Å². The minimum Gasteiger partial charge on any atom is -0.341 e. The lowest BCUT2D eigenvalue weighted by Crippen LogP contribution is -2.44. The Morgan fingerprint density at radius 2 is 2.16 bits per heavy atom. The predicted octanol–water partition coefficient (Wildman–Crippen LogP) is 3.42. The molecule has 0 N–H and O–H groups in total. The summed E-state index contributed by atoms with van der Waals surface area (Å²) in [6.45, 7) is 1.28. The van der Waals surface area contributed by atoms with Gasteiger partial charge in [-0.05, 0) is 31.4 Å². The van der Waals surface area contributed by atoms with Crippen LogP contribution in [0.2, 0.25) is 5.02 Å². The number of halogens is 1. The van der Waals surface area contributed by atoms with Gasteiger partial charge in [-0.3, -0.25) is 14.6 Å². The van der Waals surface area contributed by atoms with Gasteiger partial charge in [-0.25, -0.2) is 0 Å². The molecule has 1 saturated carbocycles. The quantitative estimate of drug-likeness (QED) is 0.823. The first-order valence-electron chi connectivity index (χ1n) is 8.64. The van der Waals surface area contributed by atoms with Crippen LogP contribution in [-0.2, 0) is 4.79 Å². The second-order valence-electron chi connectivity index (χ2n) is 6.89. The summed E-state index contributed by atoms with van der Waals surface area (Å²) in [6, 6.07) is 3.67. The Hall–Kier alpha value is -1.66. The molecule has 1 unspecified atom stereocenters. The van der Waals surface area contributed by atoms with Crippen LogP contribution in [0.3, 0.4) is 0 Å². The molecule has 7 heteroatoms. The van der Waals surface area contributed by atoms with Crippen molar-refractivity contribution in [2.24, 2.45) is 5.92 Å². The first kappa shape index (κ1) is 16.8. The lowest BCUT2D eigenvalue weighted by molar-refractivity contribution is -0.138. The summed E-state index contributed by atoms with van der Waals surface area (Å²) in [5.41, 5.74) is 0.758. The van der Waals surface area contributed by atoms with Crippen molar-refractivity contribution in [1.82, 2.24) is 14.8 Å². The Labute approximate surface area is 155 Å². The zero-order valence-electron chi connectivity index (χ0n) is 14.1. The highest BCUT2D eigenvalue weighted by Crippen LogP contribution is 2.32. The standard InChI is InChI=1S/C18H20ClN3O2S/c1-21(17(23)11-3-2-4-11)12-6-8-22(10-12)18(24)15-9-14-16(25-15)13(19)5-7-20-14/h5,7,9,11-12H,2-4,6,8,10H2,1H3. The molecule has 0 radical (unpaired) electrons. The van der Waals surface area contributed by atoms with Crippen LogP contribution >= 0.6 is 22.9 Å². The molecule has 2 aromatic rings. The van der Waals surface area contributed by atoms with Gasteiger partial charge in [0.05, 0.1) is 26.2 Å². The fourth-order valence-corrected chi connectivity index (χ4v) is 4.79. The highest BCUT2D eigenvalue weighted by Gasteiger charge is 2.35. The van der Waals surface area contributed by atoms with Crippen LogP contribution in [0.25, 0.3) is 10.2 Å². The third kappa shape index (κ3) is 3.02. The second-order valence-corrected chi connectivity index (χ2v) is 8.35. The van der Waals surface area contributed by atoms with Crippen molar-refractivity contribution >= 4 is 45.0 Å². The molecule has 25 heavy (non-hydrogen) atoms. The molecule has 1 aliphatic carbocycles. The number of likely N-dealkylation sites (tertiary alicyclic amines) is 1. The molecule has 2 aromatic heterocycles. The Morgan fingerprint density at radius 1 is 1.36 bits per heavy atom. The topological polar surface area (TPSA) is 53.5 Å². The zero-order chi connectivity index (χ0) is 17.6. The molecule has 0 spiro atoms. The molecule has 2 aliphatic rings. The molecule has 132 valence electrons. The van der Waals surface area contributed by atoms with Crippen molar-refractivity contribution in [2.45, 2.75) is 31.7 Å². The maximum Gasteiger partial charge on any atom is 0.264 e. The number of aromatic nitrogens is 1. The van der Waals surface area contributed by atoms with E-state index in [-0.39, 0.29) is 23.8 Å². The number of amides is 2. The van der Waals surface area contributed by atoms with Gasteiger partial charge in [0.2, 0.25) is 5.91 Å². The molecule has 2 amide bonds. The van der Waals surface area contributed by atoms with E-state index in [1.54, 1.807) is 12.3 Å². The summed E-state index contributed by atoms with van der Waals surface area (Å²) in [6.07, 6.45) is 5.66. The highest BCUT2D eigenvalue weighted by atomic mass is 35.5. The van der Waals surface area contributed by atoms with E-state index in [0.29, 0.717) is 23.0 Å². The lowest BCUT2D eigenvalue weighted by Gasteiger charge is -2.32. The first-order valence-corrected chi connectivity index (χ1v) is 9.84. The van der Waals surface area contributed by atoms with E-state index in [1.165, 1.54) is 11.3 Å². The van der Waals surface area contributed by atoms with E-state index in [4.69, 9.17) is 11.6 Å². The van der Waals surface area contributed by atoms with E-state index in [0.717, 1.165) is 35.9 Å². The Morgan fingerprint density at radius 3 is 2.84 bits per heavy atom. The van der Waals surface area contributed by atoms with Crippen molar-refractivity contribution in [1.29, 1.82) is 0 Å². The molecule has 1 atom stereocenters. The molecule has 1 aliphatic heterocycles. The van der Waals surface area contributed by atoms with Crippen LogP contribution in [0.5, 0.6) is 0 Å². The van der Waals surface area contributed by atoms with Gasteiger partial charge < -0.3 is 9.80 Å². The van der Waals surface area contributed by atoms with E-state index in [2.05, 4.69) is 4.98 Å². The lowest BCUT2D eigenvalue weighted by atomic mass is 9.84. The number of carbonyl (C=O) groups excluding carboxylic acids is 2. The zero-order valence-corrected chi connectivity index (χ0v) is 15.6. The number of rotatable bonds is 3. The number of hydrogen-bond donors (Lipinski definition) is 0. The third-order valence-electron chi connectivity index (χ3n) is 5.38. The summed E-state index contributed by atoms with van der Waals surface area (Å²) >= 11 is 7.57. The number of fused-ring (bicyclic) bond motifs is 1. The maximum atomic E-state index is 12.8. The van der Waals surface area contributed by atoms with Gasteiger partial charge in [0, 0.05) is 32.3 Å². The fourth-order valence-electron chi connectivity index (χ4n) is 3.53. The average molecular weight is 378 g/mol. The number of likely N-dealkylation sites (N-methyl/N-ethyl adjacent to an activating group) is 1. The number of carbonyl (C=O) groups is 2. The fraction of sp³-hybridized carbons (Fsp3) is 0.500. The number of thiophene rings is 1. The van der Waals surface area contributed by atoms with Crippen LogP contribution in [-0.4, -0.2) is 52.8 Å². The van der Waals surface area contributed by atoms with Crippen LogP contribution in [0.1, 0.15) is 35.4 Å². The van der Waals surface area contributed by atoms with Gasteiger partial charge in [-0.1, -0.05) is 18.0 Å². The minimum absolute atomic E-state index is 0.00561. The Balaban J connectivity index is 1.46. The minimum atomic E-state index is 0.00561. The average Bonchev–Trinajstić information content (AvgIpc) is 3.19. The second kappa shape index (κ2) is 6.57. The molecule has 4 rings (SSSR count). The highest BCUT2D eigenvalue weighted by molar-refractivity contribution is 7.21. The molecular formula is C18H20ClN3O2S. The van der Waals surface area contributed by atoms with Crippen molar-refractivity contribution in [3.05, 3.63) is 28.2 Å². The molecule has 0 aromatic carbocycles. The van der Waals surface area contributed by atoms with Crippen LogP contribution < -0.4 is 0 Å². The molecule has 2 fully saturated rings. The largest absolute Gasteiger partial charge is 0.341 e. The molecule has 0 bridgehead atoms. The maximum absolute atomic E-state index is 12.8. The summed E-state index contributed by atoms with van der Waals surface area (Å²) in [4.78, 5) is 33.9. The van der Waals surface area contributed by atoms with E-state index in [9.17, 15) is 9.59 Å². The molecular weight excluding hydrogens is 358 g/mol. The van der Waals surface area contributed by atoms with Crippen LogP contribution in [0.4, 0.5) is 0 Å². The predicted molar refractivity (Wildman–Crippen MR) is 99.0 cm³/mol. The normalized spacial score (nSPS) is 20.7. The van der Waals surface area contributed by atoms with Crippen molar-refractivity contribution < 1.29 is 9.59 Å². The van der Waals surface area contributed by atoms with Gasteiger partial charge in [-0.2, -0.15) is 0 Å². The van der Waals surface area contributed by atoms with E-state index < -0.39 is 0 Å². The summed E-state index contributed by atoms with van der Waals surface area (Å²) < 4.78 is 0.848. The molecule has 3 heterocycles. The smallest absolute Gasteiger partial charge is 0.264 e. The molecule has 5 nitrogen and oxygen atoms in total.